The SMILES string of the molecule is CCC(=O)N1CCc2ccc(NC(=O)c3cnccn3)cc2C1. The molecule has 0 unspecified atom stereocenters. The molecule has 0 fully saturated rings. The number of rotatable bonds is 3. The van der Waals surface area contributed by atoms with Crippen LogP contribution in [-0.2, 0) is 17.8 Å². The van der Waals surface area contributed by atoms with Crippen LogP contribution < -0.4 is 5.32 Å². The summed E-state index contributed by atoms with van der Waals surface area (Å²) in [5.74, 6) is -0.139. The van der Waals surface area contributed by atoms with Gasteiger partial charge in [-0.05, 0) is 29.7 Å². The van der Waals surface area contributed by atoms with Gasteiger partial charge < -0.3 is 10.2 Å². The van der Waals surface area contributed by atoms with Crippen LogP contribution in [0.2, 0.25) is 0 Å². The first-order valence-corrected chi connectivity index (χ1v) is 7.64. The minimum Gasteiger partial charge on any atom is -0.338 e. The molecule has 1 aromatic heterocycles. The van der Waals surface area contributed by atoms with Gasteiger partial charge in [-0.3, -0.25) is 14.6 Å². The predicted octanol–water partition coefficient (Wildman–Crippen LogP) is 2.02. The van der Waals surface area contributed by atoms with Crippen LogP contribution in [0, 0.1) is 0 Å². The maximum atomic E-state index is 12.1. The molecule has 2 amide bonds. The van der Waals surface area contributed by atoms with E-state index in [9.17, 15) is 9.59 Å². The first-order valence-electron chi connectivity index (χ1n) is 7.64. The van der Waals surface area contributed by atoms with E-state index in [0.717, 1.165) is 18.5 Å². The molecule has 3 rings (SSSR count). The Morgan fingerprint density at radius 3 is 2.87 bits per heavy atom. The Balaban J connectivity index is 1.76. The number of hydrogen-bond donors (Lipinski definition) is 1. The number of carbonyl (C=O) groups is 2. The molecule has 1 N–H and O–H groups in total. The molecule has 0 saturated heterocycles. The van der Waals surface area contributed by atoms with E-state index in [1.807, 2.05) is 30.0 Å². The fourth-order valence-electron chi connectivity index (χ4n) is 2.68. The van der Waals surface area contributed by atoms with Crippen LogP contribution in [-0.4, -0.2) is 33.2 Å². The largest absolute Gasteiger partial charge is 0.338 e. The van der Waals surface area contributed by atoms with Gasteiger partial charge in [-0.1, -0.05) is 13.0 Å². The summed E-state index contributed by atoms with van der Waals surface area (Å²) in [4.78, 5) is 33.7. The van der Waals surface area contributed by atoms with Gasteiger partial charge in [0.05, 0.1) is 6.20 Å². The third-order valence-electron chi connectivity index (χ3n) is 3.93. The summed E-state index contributed by atoms with van der Waals surface area (Å²) in [6.07, 6.45) is 5.79. The number of anilines is 1. The highest BCUT2D eigenvalue weighted by Gasteiger charge is 2.20. The van der Waals surface area contributed by atoms with Gasteiger partial charge in [0.2, 0.25) is 5.91 Å². The zero-order chi connectivity index (χ0) is 16.2. The van der Waals surface area contributed by atoms with Crippen LogP contribution in [0.4, 0.5) is 5.69 Å². The van der Waals surface area contributed by atoms with E-state index < -0.39 is 0 Å². The van der Waals surface area contributed by atoms with E-state index in [1.54, 1.807) is 0 Å². The van der Waals surface area contributed by atoms with Gasteiger partial charge >= 0.3 is 0 Å². The van der Waals surface area contributed by atoms with Crippen LogP contribution in [0.1, 0.15) is 35.0 Å². The number of hydrogen-bond acceptors (Lipinski definition) is 4. The average Bonchev–Trinajstić information content (AvgIpc) is 2.61. The van der Waals surface area contributed by atoms with E-state index in [4.69, 9.17) is 0 Å². The van der Waals surface area contributed by atoms with Gasteiger partial charge in [0.1, 0.15) is 5.69 Å². The molecular weight excluding hydrogens is 292 g/mol. The molecule has 2 heterocycles. The van der Waals surface area contributed by atoms with Gasteiger partial charge in [0.25, 0.3) is 5.91 Å². The third kappa shape index (κ3) is 3.36. The molecule has 0 spiro atoms. The number of benzene rings is 1. The normalized spacial score (nSPS) is 13.3. The summed E-state index contributed by atoms with van der Waals surface area (Å²) in [7, 11) is 0. The number of carbonyl (C=O) groups excluding carboxylic acids is 2. The second-order valence-corrected chi connectivity index (χ2v) is 5.45. The highest BCUT2D eigenvalue weighted by molar-refractivity contribution is 6.02. The van der Waals surface area contributed by atoms with E-state index in [2.05, 4.69) is 15.3 Å². The first-order chi connectivity index (χ1) is 11.2. The van der Waals surface area contributed by atoms with E-state index in [-0.39, 0.29) is 17.5 Å². The van der Waals surface area contributed by atoms with Crippen LogP contribution in [0.25, 0.3) is 0 Å². The van der Waals surface area contributed by atoms with Crippen LogP contribution in [0.15, 0.2) is 36.8 Å². The van der Waals surface area contributed by atoms with Gasteiger partial charge in [-0.2, -0.15) is 0 Å². The maximum Gasteiger partial charge on any atom is 0.275 e. The molecule has 1 aromatic carbocycles. The monoisotopic (exact) mass is 310 g/mol. The number of nitrogens with one attached hydrogen (secondary N) is 1. The Bertz CT molecular complexity index is 731. The van der Waals surface area contributed by atoms with Crippen molar-refractivity contribution < 1.29 is 9.59 Å². The zero-order valence-corrected chi connectivity index (χ0v) is 13.0. The molecule has 0 atom stereocenters. The van der Waals surface area contributed by atoms with Crippen molar-refractivity contribution in [3.63, 3.8) is 0 Å². The number of aromatic nitrogens is 2. The van der Waals surface area contributed by atoms with E-state index in [0.29, 0.717) is 18.7 Å². The zero-order valence-electron chi connectivity index (χ0n) is 13.0. The minimum atomic E-state index is -0.296. The molecule has 0 radical (unpaired) electrons. The van der Waals surface area contributed by atoms with Gasteiger partial charge in [0.15, 0.2) is 0 Å². The topological polar surface area (TPSA) is 75.2 Å². The van der Waals surface area contributed by atoms with Gasteiger partial charge in [-0.25, -0.2) is 4.98 Å². The molecule has 1 aliphatic heterocycles. The molecule has 0 saturated carbocycles. The Morgan fingerprint density at radius 1 is 1.26 bits per heavy atom. The molecule has 6 heteroatoms. The standard InChI is InChI=1S/C17H18N4O2/c1-2-16(22)21-8-5-12-3-4-14(9-13(12)11-21)20-17(23)15-10-18-6-7-19-15/h3-4,6-7,9-10H,2,5,8,11H2,1H3,(H,20,23). The molecule has 6 nitrogen and oxygen atoms in total. The lowest BCUT2D eigenvalue weighted by Crippen LogP contribution is -2.35. The van der Waals surface area contributed by atoms with Crippen molar-refractivity contribution in [2.24, 2.45) is 0 Å². The Hall–Kier alpha value is -2.76. The number of amides is 2. The first kappa shape index (κ1) is 15.1. The van der Waals surface area contributed by atoms with E-state index >= 15 is 0 Å². The Labute approximate surface area is 134 Å². The van der Waals surface area contributed by atoms with Crippen molar-refractivity contribution >= 4 is 17.5 Å². The summed E-state index contributed by atoms with van der Waals surface area (Å²) < 4.78 is 0. The van der Waals surface area contributed by atoms with Crippen molar-refractivity contribution in [1.29, 1.82) is 0 Å². The summed E-state index contributed by atoms with van der Waals surface area (Å²) in [6.45, 7) is 3.22. The average molecular weight is 310 g/mol. The van der Waals surface area contributed by atoms with Gasteiger partial charge in [0, 0.05) is 37.6 Å². The van der Waals surface area contributed by atoms with Crippen molar-refractivity contribution in [2.45, 2.75) is 26.3 Å². The van der Waals surface area contributed by atoms with Crippen LogP contribution >= 0.6 is 0 Å². The molecule has 23 heavy (non-hydrogen) atoms. The molecular formula is C17H18N4O2. The van der Waals surface area contributed by atoms with Crippen molar-refractivity contribution in [2.75, 3.05) is 11.9 Å². The fraction of sp³-hybridized carbons (Fsp3) is 0.294. The summed E-state index contributed by atoms with van der Waals surface area (Å²) in [5.41, 5.74) is 3.27. The van der Waals surface area contributed by atoms with Crippen molar-refractivity contribution in [1.82, 2.24) is 14.9 Å². The smallest absolute Gasteiger partial charge is 0.275 e. The Morgan fingerprint density at radius 2 is 2.13 bits per heavy atom. The molecule has 0 bridgehead atoms. The van der Waals surface area contributed by atoms with Crippen LogP contribution in [0.3, 0.4) is 0 Å². The Kier molecular flexibility index (Phi) is 4.32. The quantitative estimate of drug-likeness (QED) is 0.941. The van der Waals surface area contributed by atoms with Gasteiger partial charge in [-0.15, -0.1) is 0 Å². The minimum absolute atomic E-state index is 0.157. The van der Waals surface area contributed by atoms with Crippen molar-refractivity contribution in [3.05, 3.63) is 53.6 Å². The highest BCUT2D eigenvalue weighted by Crippen LogP contribution is 2.23. The molecule has 1 aliphatic rings. The van der Waals surface area contributed by atoms with Crippen LogP contribution in [0.5, 0.6) is 0 Å². The predicted molar refractivity (Wildman–Crippen MR) is 85.8 cm³/mol. The fourth-order valence-corrected chi connectivity index (χ4v) is 2.68. The lowest BCUT2D eigenvalue weighted by Gasteiger charge is -2.29. The summed E-state index contributed by atoms with van der Waals surface area (Å²) >= 11 is 0. The van der Waals surface area contributed by atoms with Crippen molar-refractivity contribution in [3.8, 4) is 0 Å². The van der Waals surface area contributed by atoms with E-state index in [1.165, 1.54) is 24.2 Å². The number of nitrogens with zero attached hydrogens (tertiary/aromatic N) is 3. The molecule has 0 aliphatic carbocycles. The molecule has 118 valence electrons. The lowest BCUT2D eigenvalue weighted by atomic mass is 9.99. The second-order valence-electron chi connectivity index (χ2n) is 5.45. The second kappa shape index (κ2) is 6.56. The summed E-state index contributed by atoms with van der Waals surface area (Å²) in [6, 6.07) is 5.82. The highest BCUT2D eigenvalue weighted by atomic mass is 16.2. The summed E-state index contributed by atoms with van der Waals surface area (Å²) in [5, 5.41) is 2.82. The molecule has 2 aromatic rings. The maximum absolute atomic E-state index is 12.1. The lowest BCUT2D eigenvalue weighted by molar-refractivity contribution is -0.131. The number of fused-ring (bicyclic) bond motifs is 1. The third-order valence-corrected chi connectivity index (χ3v) is 3.93.